The molecule has 1 aromatic heterocycles. The minimum atomic E-state index is -0.982. The Kier molecular flexibility index (Phi) is 8.32. The number of nitrogens with two attached hydrogens (primary N) is 1. The fourth-order valence-corrected chi connectivity index (χ4v) is 3.62. The molecule has 1 unspecified atom stereocenters. The van der Waals surface area contributed by atoms with Gasteiger partial charge in [0.15, 0.2) is 5.82 Å². The topological polar surface area (TPSA) is 125 Å². The molecule has 2 amide bonds. The van der Waals surface area contributed by atoms with Gasteiger partial charge in [-0.3, -0.25) is 14.5 Å². The van der Waals surface area contributed by atoms with Crippen molar-refractivity contribution in [2.24, 2.45) is 5.73 Å². The number of amides is 2. The number of carbonyl (C=O) groups is 2. The van der Waals surface area contributed by atoms with Crippen LogP contribution in [0.1, 0.15) is 56.0 Å². The third kappa shape index (κ3) is 6.61. The molecule has 33 heavy (non-hydrogen) atoms. The van der Waals surface area contributed by atoms with Crippen LogP contribution in [0.2, 0.25) is 0 Å². The zero-order valence-electron chi connectivity index (χ0n) is 20.0. The molecule has 1 heterocycles. The molecule has 0 aliphatic heterocycles. The number of aromatic nitrogens is 2. The van der Waals surface area contributed by atoms with E-state index in [2.05, 4.69) is 15.3 Å². The Labute approximate surface area is 193 Å². The van der Waals surface area contributed by atoms with Crippen molar-refractivity contribution >= 4 is 35.5 Å². The quantitative estimate of drug-likeness (QED) is 0.440. The van der Waals surface area contributed by atoms with Gasteiger partial charge in [-0.25, -0.2) is 9.37 Å². The normalized spacial score (nSPS) is 12.2. The molecule has 1 atom stereocenters. The second kappa shape index (κ2) is 10.6. The van der Waals surface area contributed by atoms with Gasteiger partial charge < -0.3 is 21.1 Å². The van der Waals surface area contributed by atoms with Gasteiger partial charge in [0, 0.05) is 25.8 Å². The van der Waals surface area contributed by atoms with E-state index in [1.807, 2.05) is 21.0 Å². The summed E-state index contributed by atoms with van der Waals surface area (Å²) in [4.78, 5) is 35.8. The van der Waals surface area contributed by atoms with Crippen LogP contribution in [0.25, 0.3) is 0 Å². The summed E-state index contributed by atoms with van der Waals surface area (Å²) in [5.74, 6) is -1.10. The number of benzene rings is 1. The molecule has 10 heteroatoms. The van der Waals surface area contributed by atoms with Gasteiger partial charge in [0.2, 0.25) is 12.4 Å². The molecule has 0 aliphatic rings. The maximum absolute atomic E-state index is 14.3. The molecular formula is C23H33FN6O3. The Morgan fingerprint density at radius 2 is 2.03 bits per heavy atom. The van der Waals surface area contributed by atoms with Crippen LogP contribution in [0, 0.1) is 12.7 Å². The number of nitrogens with one attached hydrogen (secondary N) is 1. The summed E-state index contributed by atoms with van der Waals surface area (Å²) in [6.07, 6.45) is 4.11. The van der Waals surface area contributed by atoms with Gasteiger partial charge in [0.1, 0.15) is 5.82 Å². The van der Waals surface area contributed by atoms with Gasteiger partial charge >= 0.3 is 0 Å². The molecular weight excluding hydrogens is 427 g/mol. The number of primary amides is 1. The molecule has 0 bridgehead atoms. The molecule has 180 valence electrons. The third-order valence-corrected chi connectivity index (χ3v) is 5.17. The highest BCUT2D eigenvalue weighted by atomic mass is 19.1. The number of aliphatic hydroxyl groups is 1. The Balaban J connectivity index is 2.52. The van der Waals surface area contributed by atoms with Crippen LogP contribution < -0.4 is 20.9 Å². The van der Waals surface area contributed by atoms with Crippen molar-refractivity contribution in [2.75, 3.05) is 29.2 Å². The second-order valence-electron chi connectivity index (χ2n) is 8.90. The van der Waals surface area contributed by atoms with Crippen LogP contribution in [0.3, 0.4) is 0 Å². The standard InChI is InChI=1S/C23H33FN6O3/c1-7-8-15(11-23(3,4)33)30(13-31)21-19(29(5)6)12-26-22(28-21)27-18-10-17(24)16(20(25)32)9-14(18)2/h9-10,12-13,15,33H,7-8,11H2,1-6H3,(H2,25,32)(H,26,27,28). The first kappa shape index (κ1) is 26.0. The van der Waals surface area contributed by atoms with Crippen molar-refractivity contribution in [3.63, 3.8) is 0 Å². The van der Waals surface area contributed by atoms with Crippen LogP contribution in [0.4, 0.5) is 27.5 Å². The summed E-state index contributed by atoms with van der Waals surface area (Å²) in [6, 6.07) is 2.22. The van der Waals surface area contributed by atoms with E-state index in [-0.39, 0.29) is 17.6 Å². The third-order valence-electron chi connectivity index (χ3n) is 5.17. The number of aryl methyl sites for hydroxylation is 1. The molecule has 4 N–H and O–H groups in total. The number of nitrogens with zero attached hydrogens (tertiary/aromatic N) is 4. The highest BCUT2D eigenvalue weighted by Crippen LogP contribution is 2.32. The lowest BCUT2D eigenvalue weighted by Crippen LogP contribution is -2.41. The maximum atomic E-state index is 14.3. The molecule has 0 fully saturated rings. The summed E-state index contributed by atoms with van der Waals surface area (Å²) >= 11 is 0. The Morgan fingerprint density at radius 1 is 1.36 bits per heavy atom. The first-order valence-corrected chi connectivity index (χ1v) is 10.7. The first-order chi connectivity index (χ1) is 15.4. The smallest absolute Gasteiger partial charge is 0.251 e. The van der Waals surface area contributed by atoms with Crippen molar-refractivity contribution in [3.05, 3.63) is 35.3 Å². The molecule has 9 nitrogen and oxygen atoms in total. The summed E-state index contributed by atoms with van der Waals surface area (Å²) in [6.45, 7) is 7.10. The summed E-state index contributed by atoms with van der Waals surface area (Å²) in [7, 11) is 3.62. The van der Waals surface area contributed by atoms with Crippen molar-refractivity contribution < 1.29 is 19.1 Å². The molecule has 2 rings (SSSR count). The lowest BCUT2D eigenvalue weighted by Gasteiger charge is -2.33. The lowest BCUT2D eigenvalue weighted by atomic mass is 9.95. The average Bonchev–Trinajstić information content (AvgIpc) is 2.69. The number of carbonyl (C=O) groups excluding carboxylic acids is 2. The molecule has 0 aliphatic carbocycles. The van der Waals surface area contributed by atoms with E-state index in [4.69, 9.17) is 5.73 Å². The average molecular weight is 461 g/mol. The van der Waals surface area contributed by atoms with E-state index in [0.29, 0.717) is 42.0 Å². The Morgan fingerprint density at radius 3 is 2.55 bits per heavy atom. The van der Waals surface area contributed by atoms with Gasteiger partial charge in [-0.15, -0.1) is 0 Å². The number of hydrogen-bond donors (Lipinski definition) is 3. The molecule has 2 aromatic rings. The Hall–Kier alpha value is -3.27. The highest BCUT2D eigenvalue weighted by Gasteiger charge is 2.28. The summed E-state index contributed by atoms with van der Waals surface area (Å²) < 4.78 is 14.3. The largest absolute Gasteiger partial charge is 0.390 e. The van der Waals surface area contributed by atoms with Crippen LogP contribution in [-0.4, -0.2) is 53.1 Å². The van der Waals surface area contributed by atoms with E-state index in [0.717, 1.165) is 12.5 Å². The number of rotatable bonds is 11. The number of anilines is 4. The molecule has 1 aromatic carbocycles. The van der Waals surface area contributed by atoms with Gasteiger partial charge in [0.25, 0.3) is 5.91 Å². The van der Waals surface area contributed by atoms with Crippen molar-refractivity contribution in [1.29, 1.82) is 0 Å². The van der Waals surface area contributed by atoms with Gasteiger partial charge in [-0.2, -0.15) is 4.98 Å². The van der Waals surface area contributed by atoms with Crippen LogP contribution in [0.15, 0.2) is 18.3 Å². The van der Waals surface area contributed by atoms with Gasteiger partial charge in [-0.05, 0) is 51.3 Å². The zero-order valence-corrected chi connectivity index (χ0v) is 20.0. The van der Waals surface area contributed by atoms with E-state index >= 15 is 0 Å². The minimum absolute atomic E-state index is 0.148. The second-order valence-corrected chi connectivity index (χ2v) is 8.90. The summed E-state index contributed by atoms with van der Waals surface area (Å²) in [5.41, 5.74) is 5.57. The zero-order chi connectivity index (χ0) is 24.9. The monoisotopic (exact) mass is 460 g/mol. The number of hydrogen-bond acceptors (Lipinski definition) is 7. The highest BCUT2D eigenvalue weighted by molar-refractivity contribution is 5.94. The van der Waals surface area contributed by atoms with Gasteiger partial charge in [-0.1, -0.05) is 13.3 Å². The SMILES string of the molecule is CCCC(CC(C)(C)O)N(C=O)c1nc(Nc2cc(F)c(C(N)=O)cc2C)ncc1N(C)C. The predicted molar refractivity (Wildman–Crippen MR) is 127 cm³/mol. The molecule has 0 saturated heterocycles. The van der Waals surface area contributed by atoms with E-state index in [1.165, 1.54) is 11.0 Å². The van der Waals surface area contributed by atoms with Gasteiger partial charge in [0.05, 0.1) is 23.0 Å². The van der Waals surface area contributed by atoms with Crippen molar-refractivity contribution in [1.82, 2.24) is 9.97 Å². The van der Waals surface area contributed by atoms with E-state index < -0.39 is 17.3 Å². The first-order valence-electron chi connectivity index (χ1n) is 10.7. The van der Waals surface area contributed by atoms with E-state index in [9.17, 15) is 19.1 Å². The number of halogens is 1. The van der Waals surface area contributed by atoms with Crippen LogP contribution in [0.5, 0.6) is 0 Å². The molecule has 0 saturated carbocycles. The van der Waals surface area contributed by atoms with Crippen LogP contribution in [-0.2, 0) is 4.79 Å². The summed E-state index contributed by atoms with van der Waals surface area (Å²) in [5, 5.41) is 13.3. The van der Waals surface area contributed by atoms with E-state index in [1.54, 1.807) is 31.9 Å². The fourth-order valence-electron chi connectivity index (χ4n) is 3.62. The maximum Gasteiger partial charge on any atom is 0.251 e. The van der Waals surface area contributed by atoms with Crippen LogP contribution >= 0.6 is 0 Å². The van der Waals surface area contributed by atoms with Crippen molar-refractivity contribution in [2.45, 2.75) is 58.6 Å². The molecule has 0 spiro atoms. The lowest BCUT2D eigenvalue weighted by molar-refractivity contribution is -0.108. The fraction of sp³-hybridized carbons (Fsp3) is 0.478. The Bertz CT molecular complexity index is 1010. The van der Waals surface area contributed by atoms with Crippen molar-refractivity contribution in [3.8, 4) is 0 Å². The minimum Gasteiger partial charge on any atom is -0.390 e. The predicted octanol–water partition coefficient (Wildman–Crippen LogP) is 3.13. The molecule has 0 radical (unpaired) electrons.